The van der Waals surface area contributed by atoms with Gasteiger partial charge in [-0.25, -0.2) is 23.1 Å². The van der Waals surface area contributed by atoms with Gasteiger partial charge in [0.25, 0.3) is 26.3 Å². The standard InChI is InChI=1S/C21H26N4O4S.C13H13NO.C8H13N3O3S/c1-21(12-29-13-21)11-25-9-8-18(23-25)30(27,28)24-20(26)22-19-16-6-2-4-14(16)10-15-5-3-7-17(15)19;14-8-15-13-11-5-1-3-9(11)7-10-4-2-6-12(10)13;1-8(5-14-6-8)4-11-3-2-7(10-11)15(9,12)13/h8-10H,2-7,11-13H2,1H3,(H2,22,24,26);7H,1-6H2;2-3H,4-6H2,1H3,(H2,9,12,13). The van der Waals surface area contributed by atoms with Crippen LogP contribution in [-0.2, 0) is 94.0 Å². The first-order valence-corrected chi connectivity index (χ1v) is 23.6. The number of nitrogens with zero attached hydrogens (tertiary/aromatic N) is 5. The fourth-order valence-corrected chi connectivity index (χ4v) is 10.6. The number of fused-ring (bicyclic) bond motifs is 4. The summed E-state index contributed by atoms with van der Waals surface area (Å²) in [6, 6.07) is 6.69. The van der Waals surface area contributed by atoms with E-state index in [0.29, 0.717) is 39.5 Å². The first-order chi connectivity index (χ1) is 28.6. The zero-order chi connectivity index (χ0) is 42.3. The van der Waals surface area contributed by atoms with Crippen LogP contribution in [0.3, 0.4) is 0 Å². The van der Waals surface area contributed by atoms with Crippen molar-refractivity contribution in [2.24, 2.45) is 16.0 Å². The lowest BCUT2D eigenvalue weighted by Gasteiger charge is -2.37. The van der Waals surface area contributed by atoms with E-state index in [1.165, 1.54) is 58.4 Å². The molecule has 2 amide bonds. The Hall–Kier alpha value is -4.80. The molecule has 6 aliphatic rings. The van der Waals surface area contributed by atoms with Gasteiger partial charge in [-0.2, -0.15) is 18.6 Å². The molecular formula is C42H52N8O8S2. The number of hydrogen-bond acceptors (Lipinski definition) is 11. The monoisotopic (exact) mass is 860 g/mol. The predicted molar refractivity (Wildman–Crippen MR) is 220 cm³/mol. The summed E-state index contributed by atoms with van der Waals surface area (Å²) in [4.78, 5) is 12.6. The molecule has 0 atom stereocenters. The number of amides is 2. The van der Waals surface area contributed by atoms with Crippen LogP contribution >= 0.6 is 0 Å². The number of urea groups is 1. The quantitative estimate of drug-likeness (QED) is 0.199. The summed E-state index contributed by atoms with van der Waals surface area (Å²) in [6.45, 7) is 7.95. The molecule has 2 fully saturated rings. The molecule has 2 aliphatic heterocycles. The van der Waals surface area contributed by atoms with Crippen LogP contribution in [0.5, 0.6) is 5.75 Å². The Labute approximate surface area is 350 Å². The second kappa shape index (κ2) is 16.6. The summed E-state index contributed by atoms with van der Waals surface area (Å²) in [5.74, 6) is 0.903. The van der Waals surface area contributed by atoms with Gasteiger partial charge in [-0.15, -0.1) is 5.26 Å². The number of anilines is 1. The van der Waals surface area contributed by atoms with Gasteiger partial charge in [0.2, 0.25) is 0 Å². The number of nitrogens with one attached hydrogen (secondary N) is 2. The topological polar surface area (TPSA) is 223 Å². The van der Waals surface area contributed by atoms with Crippen LogP contribution in [-0.4, -0.2) is 68.9 Å². The van der Waals surface area contributed by atoms with Gasteiger partial charge in [-0.1, -0.05) is 26.0 Å². The number of rotatable bonds is 9. The average Bonchev–Trinajstić information content (AvgIpc) is 4.02. The van der Waals surface area contributed by atoms with Crippen molar-refractivity contribution < 1.29 is 35.8 Å². The first-order valence-electron chi connectivity index (χ1n) is 20.6. The summed E-state index contributed by atoms with van der Waals surface area (Å²) in [7, 11) is -7.75. The molecule has 18 heteroatoms. The SMILES string of the molecule is CC1(Cn2ccc(S(=O)(=O)NC(=O)Nc3c4c(cc5c3CCC5)CCC4)n2)COC1.CC1(Cn2ccc(S(N)(=O)=O)n2)COC1.N#COc1c2c(cc3c1CCC3)CCC2. The number of nitrogens with two attached hydrogens (primary N) is 1. The van der Waals surface area contributed by atoms with Crippen LogP contribution in [0, 0.1) is 22.3 Å². The zero-order valence-corrected chi connectivity index (χ0v) is 35.7. The molecule has 320 valence electrons. The maximum absolute atomic E-state index is 12.7. The van der Waals surface area contributed by atoms with Gasteiger partial charge >= 0.3 is 6.03 Å². The lowest BCUT2D eigenvalue weighted by Crippen LogP contribution is -2.43. The van der Waals surface area contributed by atoms with E-state index in [2.05, 4.69) is 46.2 Å². The van der Waals surface area contributed by atoms with Gasteiger partial charge in [-0.05, 0) is 134 Å². The van der Waals surface area contributed by atoms with Crippen LogP contribution in [0.2, 0.25) is 0 Å². The smallest absolute Gasteiger partial charge is 0.333 e. The van der Waals surface area contributed by atoms with Crippen molar-refractivity contribution in [3.05, 3.63) is 81.2 Å². The second-order valence-electron chi connectivity index (χ2n) is 17.5. The Kier molecular flexibility index (Phi) is 11.6. The third kappa shape index (κ3) is 8.96. The molecule has 4 aliphatic carbocycles. The van der Waals surface area contributed by atoms with Gasteiger partial charge < -0.3 is 19.5 Å². The molecule has 0 radical (unpaired) electrons. The molecule has 0 saturated carbocycles. The normalized spacial score (nSPS) is 18.8. The third-order valence-electron chi connectivity index (χ3n) is 12.2. The Morgan fingerprint density at radius 2 is 1.18 bits per heavy atom. The van der Waals surface area contributed by atoms with Crippen LogP contribution in [0.25, 0.3) is 0 Å². The fourth-order valence-electron chi connectivity index (χ4n) is 9.24. The van der Waals surface area contributed by atoms with Crippen molar-refractivity contribution in [1.82, 2.24) is 24.3 Å². The summed E-state index contributed by atoms with van der Waals surface area (Å²) in [5, 5.41) is 24.3. The molecule has 0 spiro atoms. The molecule has 0 unspecified atom stereocenters. The van der Waals surface area contributed by atoms with E-state index < -0.39 is 26.1 Å². The lowest BCUT2D eigenvalue weighted by molar-refractivity contribution is -0.111. The molecule has 10 rings (SSSR count). The van der Waals surface area contributed by atoms with Gasteiger partial charge in [0.1, 0.15) is 5.75 Å². The van der Waals surface area contributed by atoms with Crippen molar-refractivity contribution in [1.29, 1.82) is 5.26 Å². The second-order valence-corrected chi connectivity index (χ2v) is 20.7. The van der Waals surface area contributed by atoms with E-state index in [9.17, 15) is 21.6 Å². The minimum atomic E-state index is -4.06. The van der Waals surface area contributed by atoms with E-state index in [1.807, 2.05) is 6.26 Å². The van der Waals surface area contributed by atoms with Crippen molar-refractivity contribution in [2.45, 2.75) is 114 Å². The molecule has 4 N–H and O–H groups in total. The first kappa shape index (κ1) is 41.9. The molecular weight excluding hydrogens is 809 g/mol. The maximum Gasteiger partial charge on any atom is 0.333 e. The fraction of sp³-hybridized carbons (Fsp3) is 0.524. The molecule has 4 aromatic rings. The Morgan fingerprint density at radius 1 is 0.750 bits per heavy atom. The van der Waals surface area contributed by atoms with Gasteiger partial charge in [-0.3, -0.25) is 9.36 Å². The molecule has 2 aromatic carbocycles. The summed E-state index contributed by atoms with van der Waals surface area (Å²) in [6.07, 6.45) is 18.0. The highest BCUT2D eigenvalue weighted by atomic mass is 32.2. The molecule has 2 saturated heterocycles. The van der Waals surface area contributed by atoms with Crippen LogP contribution in [0.4, 0.5) is 10.5 Å². The van der Waals surface area contributed by atoms with Crippen LogP contribution in [0.1, 0.15) is 84.0 Å². The molecule has 16 nitrogen and oxygen atoms in total. The van der Waals surface area contributed by atoms with Crippen molar-refractivity contribution in [3.63, 3.8) is 0 Å². The lowest BCUT2D eigenvalue weighted by atomic mass is 9.89. The number of carbonyl (C=O) groups excluding carboxylic acids is 1. The Balaban J connectivity index is 0.000000139. The van der Waals surface area contributed by atoms with E-state index in [-0.39, 0.29) is 20.9 Å². The Morgan fingerprint density at radius 3 is 1.60 bits per heavy atom. The van der Waals surface area contributed by atoms with Crippen molar-refractivity contribution in [2.75, 3.05) is 31.7 Å². The van der Waals surface area contributed by atoms with E-state index >= 15 is 0 Å². The van der Waals surface area contributed by atoms with Gasteiger partial charge in [0, 0.05) is 28.9 Å². The van der Waals surface area contributed by atoms with Crippen LogP contribution in [0.15, 0.2) is 46.7 Å². The third-order valence-corrected chi connectivity index (χ3v) is 14.2. The van der Waals surface area contributed by atoms with Gasteiger partial charge in [0.15, 0.2) is 10.1 Å². The largest absolute Gasteiger partial charge is 0.387 e. The Bertz CT molecular complexity index is 2500. The number of benzene rings is 2. The number of ether oxygens (including phenoxy) is 3. The van der Waals surface area contributed by atoms with Crippen molar-refractivity contribution >= 4 is 31.8 Å². The minimum Gasteiger partial charge on any atom is -0.387 e. The number of primary sulfonamides is 1. The average molecular weight is 861 g/mol. The van der Waals surface area contributed by atoms with Crippen molar-refractivity contribution in [3.8, 4) is 12.0 Å². The molecule has 0 bridgehead atoms. The summed E-state index contributed by atoms with van der Waals surface area (Å²) in [5.41, 5.74) is 11.1. The maximum atomic E-state index is 12.7. The number of nitriles is 1. The van der Waals surface area contributed by atoms with E-state index in [4.69, 9.17) is 24.6 Å². The van der Waals surface area contributed by atoms with E-state index in [1.54, 1.807) is 21.8 Å². The highest BCUT2D eigenvalue weighted by Crippen LogP contribution is 2.41. The van der Waals surface area contributed by atoms with Gasteiger partial charge in [0.05, 0.1) is 39.5 Å². The highest BCUT2D eigenvalue weighted by Gasteiger charge is 2.36. The van der Waals surface area contributed by atoms with Crippen LogP contribution < -0.4 is 19.9 Å². The molecule has 4 heterocycles. The molecule has 60 heavy (non-hydrogen) atoms. The zero-order valence-electron chi connectivity index (χ0n) is 34.1. The number of aryl methyl sites for hydroxylation is 4. The number of hydrogen-bond donors (Lipinski definition) is 3. The molecule has 2 aromatic heterocycles. The number of carbonyl (C=O) groups is 1. The summed E-state index contributed by atoms with van der Waals surface area (Å²) >= 11 is 0. The predicted octanol–water partition coefficient (Wildman–Crippen LogP) is 4.50. The number of aromatic nitrogens is 4. The summed E-state index contributed by atoms with van der Waals surface area (Å²) < 4.78 is 68.2. The number of sulfonamides is 2. The van der Waals surface area contributed by atoms with E-state index in [0.717, 1.165) is 86.8 Å². The minimum absolute atomic E-state index is 0.0358. The highest BCUT2D eigenvalue weighted by molar-refractivity contribution is 7.90.